The van der Waals surface area contributed by atoms with E-state index < -0.39 is 0 Å². The summed E-state index contributed by atoms with van der Waals surface area (Å²) in [6.07, 6.45) is 3.69. The highest BCUT2D eigenvalue weighted by atomic mass is 32.2. The fourth-order valence-corrected chi connectivity index (χ4v) is 7.07. The number of rotatable bonds is 9. The summed E-state index contributed by atoms with van der Waals surface area (Å²) in [5.41, 5.74) is 2.49. The molecule has 1 atom stereocenters. The number of likely N-dealkylation sites (tertiary alicyclic amines) is 1. The van der Waals surface area contributed by atoms with Gasteiger partial charge in [0.2, 0.25) is 0 Å². The van der Waals surface area contributed by atoms with Gasteiger partial charge in [0.05, 0.1) is 17.7 Å². The van der Waals surface area contributed by atoms with Gasteiger partial charge in [-0.3, -0.25) is 9.69 Å². The molecule has 0 saturated carbocycles. The van der Waals surface area contributed by atoms with E-state index in [4.69, 9.17) is 9.47 Å². The lowest BCUT2D eigenvalue weighted by molar-refractivity contribution is -0.123. The second-order valence-corrected chi connectivity index (χ2v) is 10.8. The number of nitrogens with one attached hydrogen (secondary N) is 1. The zero-order valence-electron chi connectivity index (χ0n) is 18.6. The Bertz CT molecular complexity index is 866. The molecule has 172 valence electrons. The fourth-order valence-electron chi connectivity index (χ4n) is 4.17. The van der Waals surface area contributed by atoms with Crippen LogP contribution in [0.5, 0.6) is 11.5 Å². The van der Waals surface area contributed by atoms with E-state index in [0.29, 0.717) is 11.1 Å². The molecule has 2 aromatic carbocycles. The molecule has 0 unspecified atom stereocenters. The Labute approximate surface area is 199 Å². The van der Waals surface area contributed by atoms with E-state index in [2.05, 4.69) is 34.5 Å². The molecule has 0 radical (unpaired) electrons. The van der Waals surface area contributed by atoms with Crippen LogP contribution in [0.4, 0.5) is 0 Å². The molecule has 2 fully saturated rings. The van der Waals surface area contributed by atoms with E-state index in [1.54, 1.807) is 7.11 Å². The summed E-state index contributed by atoms with van der Waals surface area (Å²) in [4.78, 5) is 15.0. The number of hydrogen-bond donors (Lipinski definition) is 1. The molecule has 7 heteroatoms. The molecule has 2 aliphatic heterocycles. The number of amides is 1. The van der Waals surface area contributed by atoms with Crippen LogP contribution in [0, 0.1) is 0 Å². The molecule has 0 aromatic heterocycles. The third-order valence-electron chi connectivity index (χ3n) is 5.90. The van der Waals surface area contributed by atoms with Crippen molar-refractivity contribution in [2.75, 3.05) is 44.9 Å². The smallest absolute Gasteiger partial charge is 0.258 e. The van der Waals surface area contributed by atoms with Crippen LogP contribution in [0.15, 0.2) is 48.5 Å². The monoisotopic (exact) mass is 472 g/mol. The lowest BCUT2D eigenvalue weighted by atomic mass is 10.0. The van der Waals surface area contributed by atoms with Gasteiger partial charge in [-0.05, 0) is 79.3 Å². The molecule has 0 bridgehead atoms. The average Bonchev–Trinajstić information content (AvgIpc) is 3.38. The molecular formula is C25H32N2O3S2. The molecule has 2 aliphatic rings. The Kier molecular flexibility index (Phi) is 8.65. The van der Waals surface area contributed by atoms with E-state index in [0.717, 1.165) is 24.6 Å². The first-order valence-corrected chi connectivity index (χ1v) is 13.4. The summed E-state index contributed by atoms with van der Waals surface area (Å²) in [7, 11) is 1.68. The second-order valence-electron chi connectivity index (χ2n) is 8.12. The van der Waals surface area contributed by atoms with Crippen LogP contribution < -0.4 is 14.8 Å². The highest BCUT2D eigenvalue weighted by Gasteiger charge is 2.24. The van der Waals surface area contributed by atoms with Gasteiger partial charge in [0.25, 0.3) is 5.91 Å². The fraction of sp³-hybridized carbons (Fsp3) is 0.480. The first-order valence-electron chi connectivity index (χ1n) is 11.3. The molecule has 0 aliphatic carbocycles. The Balaban J connectivity index is 1.29. The van der Waals surface area contributed by atoms with Crippen LogP contribution in [-0.2, 0) is 4.79 Å². The lowest BCUT2D eigenvalue weighted by Crippen LogP contribution is -2.38. The van der Waals surface area contributed by atoms with Crippen molar-refractivity contribution >= 4 is 29.4 Å². The SMILES string of the molecule is COc1cccc([C@@H](CNC(=O)COc2ccc(C3SCCCS3)cc2)N2CCCC2)c1. The summed E-state index contributed by atoms with van der Waals surface area (Å²) >= 11 is 4.01. The zero-order chi connectivity index (χ0) is 22.2. The minimum atomic E-state index is -0.0976. The number of methoxy groups -OCH3 is 1. The average molecular weight is 473 g/mol. The van der Waals surface area contributed by atoms with Crippen LogP contribution >= 0.6 is 23.5 Å². The van der Waals surface area contributed by atoms with E-state index in [1.807, 2.05) is 47.8 Å². The van der Waals surface area contributed by atoms with Gasteiger partial charge in [0.1, 0.15) is 11.5 Å². The molecule has 2 heterocycles. The third-order valence-corrected chi connectivity index (χ3v) is 8.92. The number of ether oxygens (including phenoxy) is 2. The Hall–Kier alpha value is -1.83. The first kappa shape index (κ1) is 23.3. The molecule has 1 N–H and O–H groups in total. The van der Waals surface area contributed by atoms with Crippen LogP contribution in [0.2, 0.25) is 0 Å². The first-order chi connectivity index (χ1) is 15.7. The Morgan fingerprint density at radius 2 is 1.81 bits per heavy atom. The van der Waals surface area contributed by atoms with Crippen molar-refractivity contribution < 1.29 is 14.3 Å². The highest BCUT2D eigenvalue weighted by Crippen LogP contribution is 2.43. The summed E-state index contributed by atoms with van der Waals surface area (Å²) in [6, 6.07) is 16.5. The number of hydrogen-bond acceptors (Lipinski definition) is 6. The largest absolute Gasteiger partial charge is 0.497 e. The summed E-state index contributed by atoms with van der Waals surface area (Å²) in [5, 5.41) is 3.08. The maximum absolute atomic E-state index is 12.5. The minimum absolute atomic E-state index is 0.0249. The predicted molar refractivity (Wildman–Crippen MR) is 134 cm³/mol. The van der Waals surface area contributed by atoms with Crippen LogP contribution in [0.3, 0.4) is 0 Å². The molecule has 32 heavy (non-hydrogen) atoms. The van der Waals surface area contributed by atoms with Crippen molar-refractivity contribution in [3.63, 3.8) is 0 Å². The summed E-state index contributed by atoms with van der Waals surface area (Å²) in [5.74, 6) is 3.93. The van der Waals surface area contributed by atoms with Gasteiger partial charge < -0.3 is 14.8 Å². The second kappa shape index (κ2) is 11.9. The van der Waals surface area contributed by atoms with Crippen molar-refractivity contribution in [3.8, 4) is 11.5 Å². The van der Waals surface area contributed by atoms with Crippen molar-refractivity contribution in [2.24, 2.45) is 0 Å². The van der Waals surface area contributed by atoms with Crippen LogP contribution in [0.1, 0.15) is 41.0 Å². The van der Waals surface area contributed by atoms with E-state index in [9.17, 15) is 4.79 Å². The van der Waals surface area contributed by atoms with Gasteiger partial charge in [-0.15, -0.1) is 23.5 Å². The molecule has 5 nitrogen and oxygen atoms in total. The standard InChI is InChI=1S/C25H32N2O3S2/c1-29-22-7-4-6-20(16-22)23(27-12-2-3-13-27)17-26-24(28)18-30-21-10-8-19(9-11-21)25-31-14-5-15-32-25/h4,6-11,16,23,25H,2-3,5,12-15,17-18H2,1H3,(H,26,28)/t23-/m1/s1. The van der Waals surface area contributed by atoms with Crippen molar-refractivity contribution in [3.05, 3.63) is 59.7 Å². The highest BCUT2D eigenvalue weighted by molar-refractivity contribution is 8.16. The molecule has 0 spiro atoms. The quantitative estimate of drug-likeness (QED) is 0.560. The number of carbonyl (C=O) groups excluding carboxylic acids is 1. The number of carbonyl (C=O) groups is 1. The van der Waals surface area contributed by atoms with Crippen molar-refractivity contribution in [1.29, 1.82) is 0 Å². The maximum Gasteiger partial charge on any atom is 0.258 e. The summed E-state index contributed by atoms with van der Waals surface area (Å²) < 4.78 is 11.7. The van der Waals surface area contributed by atoms with Gasteiger partial charge in [-0.25, -0.2) is 0 Å². The maximum atomic E-state index is 12.5. The van der Waals surface area contributed by atoms with Gasteiger partial charge >= 0.3 is 0 Å². The third kappa shape index (κ3) is 6.36. The van der Waals surface area contributed by atoms with Gasteiger partial charge in [0, 0.05) is 6.54 Å². The number of thioether (sulfide) groups is 2. The molecular weight excluding hydrogens is 440 g/mol. The minimum Gasteiger partial charge on any atom is -0.497 e. The Morgan fingerprint density at radius 3 is 2.53 bits per heavy atom. The van der Waals surface area contributed by atoms with E-state index in [1.165, 1.54) is 41.9 Å². The van der Waals surface area contributed by atoms with Gasteiger partial charge in [-0.1, -0.05) is 24.3 Å². The van der Waals surface area contributed by atoms with Gasteiger partial charge in [-0.2, -0.15) is 0 Å². The van der Waals surface area contributed by atoms with E-state index >= 15 is 0 Å². The topological polar surface area (TPSA) is 50.8 Å². The summed E-state index contributed by atoms with van der Waals surface area (Å²) in [6.45, 7) is 2.69. The Morgan fingerprint density at radius 1 is 1.06 bits per heavy atom. The normalized spacial score (nSPS) is 18.3. The molecule has 4 rings (SSSR count). The molecule has 2 aromatic rings. The lowest BCUT2D eigenvalue weighted by Gasteiger charge is -2.28. The van der Waals surface area contributed by atoms with E-state index in [-0.39, 0.29) is 18.6 Å². The number of benzene rings is 2. The van der Waals surface area contributed by atoms with Crippen molar-refractivity contribution in [2.45, 2.75) is 29.9 Å². The van der Waals surface area contributed by atoms with Gasteiger partial charge in [0.15, 0.2) is 6.61 Å². The zero-order valence-corrected chi connectivity index (χ0v) is 20.3. The predicted octanol–water partition coefficient (Wildman–Crippen LogP) is 4.90. The van der Waals surface area contributed by atoms with Crippen LogP contribution in [-0.4, -0.2) is 55.7 Å². The van der Waals surface area contributed by atoms with Crippen LogP contribution in [0.25, 0.3) is 0 Å². The molecule has 2 saturated heterocycles. The van der Waals surface area contributed by atoms with Crippen molar-refractivity contribution in [1.82, 2.24) is 10.2 Å². The number of nitrogens with zero attached hydrogens (tertiary/aromatic N) is 1. The molecule has 1 amide bonds.